The first-order chi connectivity index (χ1) is 13.6. The Balaban J connectivity index is 1.55. The van der Waals surface area contributed by atoms with Crippen LogP contribution < -0.4 is 10.6 Å². The molecule has 3 aromatic rings. The number of amides is 1. The van der Waals surface area contributed by atoms with Gasteiger partial charge in [-0.25, -0.2) is 4.98 Å². The topological polar surface area (TPSA) is 71.1 Å². The van der Waals surface area contributed by atoms with Crippen LogP contribution >= 0.6 is 0 Å². The number of Topliss-reactive ketones (excluding diaryl/α,β-unsaturated/α-hetero) is 1. The fourth-order valence-corrected chi connectivity index (χ4v) is 2.85. The predicted octanol–water partition coefficient (Wildman–Crippen LogP) is 4.39. The second-order valence-corrected chi connectivity index (χ2v) is 6.54. The standard InChI is InChI=1S/C23H23N3O2/c1-17(27)19-10-5-11-21(15-19)26-22-16-20(12-14-24-22)23(28)25-13-6-9-18-7-3-2-4-8-18/h2-5,7-8,10-12,14-16H,6,9,13H2,1H3,(H,24,26)(H,25,28). The normalized spacial score (nSPS) is 10.3. The van der Waals surface area contributed by atoms with E-state index in [1.807, 2.05) is 30.3 Å². The summed E-state index contributed by atoms with van der Waals surface area (Å²) in [7, 11) is 0. The Morgan fingerprint density at radius 1 is 0.929 bits per heavy atom. The third-order valence-corrected chi connectivity index (χ3v) is 4.33. The van der Waals surface area contributed by atoms with Gasteiger partial charge in [-0.3, -0.25) is 9.59 Å². The molecule has 5 heteroatoms. The van der Waals surface area contributed by atoms with E-state index in [1.165, 1.54) is 12.5 Å². The Morgan fingerprint density at radius 2 is 1.75 bits per heavy atom. The van der Waals surface area contributed by atoms with Gasteiger partial charge in [0.05, 0.1) is 0 Å². The van der Waals surface area contributed by atoms with Crippen molar-refractivity contribution in [3.8, 4) is 0 Å². The monoisotopic (exact) mass is 373 g/mol. The second-order valence-electron chi connectivity index (χ2n) is 6.54. The summed E-state index contributed by atoms with van der Waals surface area (Å²) in [4.78, 5) is 28.2. The van der Waals surface area contributed by atoms with Crippen molar-refractivity contribution in [2.45, 2.75) is 19.8 Å². The summed E-state index contributed by atoms with van der Waals surface area (Å²) >= 11 is 0. The van der Waals surface area contributed by atoms with Crippen LogP contribution in [0.2, 0.25) is 0 Å². The van der Waals surface area contributed by atoms with Crippen LogP contribution in [-0.2, 0) is 6.42 Å². The lowest BCUT2D eigenvalue weighted by Gasteiger charge is -2.09. The van der Waals surface area contributed by atoms with E-state index in [2.05, 4.69) is 27.8 Å². The quantitative estimate of drug-likeness (QED) is 0.454. The molecule has 0 radical (unpaired) electrons. The number of anilines is 2. The van der Waals surface area contributed by atoms with Gasteiger partial charge in [-0.15, -0.1) is 0 Å². The number of nitrogens with one attached hydrogen (secondary N) is 2. The zero-order valence-electron chi connectivity index (χ0n) is 15.8. The number of aryl methyl sites for hydroxylation is 1. The van der Waals surface area contributed by atoms with Gasteiger partial charge in [-0.05, 0) is 49.6 Å². The Morgan fingerprint density at radius 3 is 2.54 bits per heavy atom. The summed E-state index contributed by atoms with van der Waals surface area (Å²) < 4.78 is 0. The Kier molecular flexibility index (Phi) is 6.52. The van der Waals surface area contributed by atoms with Crippen LogP contribution in [0.5, 0.6) is 0 Å². The zero-order chi connectivity index (χ0) is 19.8. The number of carbonyl (C=O) groups is 2. The molecule has 1 aromatic heterocycles. The minimum absolute atomic E-state index is 0.000223. The van der Waals surface area contributed by atoms with Gasteiger partial charge < -0.3 is 10.6 Å². The average molecular weight is 373 g/mol. The summed E-state index contributed by atoms with van der Waals surface area (Å²) in [5, 5.41) is 6.09. The second kappa shape index (κ2) is 9.46. The molecule has 2 N–H and O–H groups in total. The van der Waals surface area contributed by atoms with Gasteiger partial charge in [0, 0.05) is 29.6 Å². The fourth-order valence-electron chi connectivity index (χ4n) is 2.85. The molecular formula is C23H23N3O2. The van der Waals surface area contributed by atoms with Crippen molar-refractivity contribution in [1.29, 1.82) is 0 Å². The largest absolute Gasteiger partial charge is 0.352 e. The number of hydrogen-bond donors (Lipinski definition) is 2. The number of nitrogens with zero attached hydrogens (tertiary/aromatic N) is 1. The molecule has 0 fully saturated rings. The van der Waals surface area contributed by atoms with Crippen LogP contribution in [0, 0.1) is 0 Å². The number of ketones is 1. The van der Waals surface area contributed by atoms with Gasteiger partial charge in [0.1, 0.15) is 5.82 Å². The van der Waals surface area contributed by atoms with E-state index < -0.39 is 0 Å². The summed E-state index contributed by atoms with van der Waals surface area (Å²) in [6, 6.07) is 20.8. The van der Waals surface area contributed by atoms with Crippen molar-refractivity contribution in [3.05, 3.63) is 89.6 Å². The van der Waals surface area contributed by atoms with Crippen LogP contribution in [0.3, 0.4) is 0 Å². The smallest absolute Gasteiger partial charge is 0.251 e. The lowest BCUT2D eigenvalue weighted by molar-refractivity contribution is 0.0952. The number of aromatic nitrogens is 1. The lowest BCUT2D eigenvalue weighted by atomic mass is 10.1. The maximum absolute atomic E-state index is 12.4. The number of pyridine rings is 1. The van der Waals surface area contributed by atoms with E-state index in [9.17, 15) is 9.59 Å². The number of hydrogen-bond acceptors (Lipinski definition) is 4. The number of benzene rings is 2. The lowest BCUT2D eigenvalue weighted by Crippen LogP contribution is -2.24. The van der Waals surface area contributed by atoms with Crippen LogP contribution in [-0.4, -0.2) is 23.2 Å². The van der Waals surface area contributed by atoms with E-state index in [0.29, 0.717) is 23.5 Å². The summed E-state index contributed by atoms with van der Waals surface area (Å²) in [5.74, 6) is 0.425. The van der Waals surface area contributed by atoms with Crippen LogP contribution in [0.25, 0.3) is 0 Å². The molecule has 28 heavy (non-hydrogen) atoms. The predicted molar refractivity (Wildman–Crippen MR) is 111 cm³/mol. The van der Waals surface area contributed by atoms with Gasteiger partial charge in [-0.1, -0.05) is 42.5 Å². The molecule has 0 aliphatic heterocycles. The van der Waals surface area contributed by atoms with Crippen molar-refractivity contribution >= 4 is 23.2 Å². The van der Waals surface area contributed by atoms with Gasteiger partial charge in [-0.2, -0.15) is 0 Å². The van der Waals surface area contributed by atoms with Crippen molar-refractivity contribution in [3.63, 3.8) is 0 Å². The van der Waals surface area contributed by atoms with Crippen LogP contribution in [0.4, 0.5) is 11.5 Å². The third kappa shape index (κ3) is 5.51. The molecule has 0 aliphatic carbocycles. The molecular weight excluding hydrogens is 350 g/mol. The number of rotatable bonds is 8. The first kappa shape index (κ1) is 19.3. The highest BCUT2D eigenvalue weighted by Gasteiger charge is 2.07. The van der Waals surface area contributed by atoms with Crippen molar-refractivity contribution in [1.82, 2.24) is 10.3 Å². The molecule has 0 unspecified atom stereocenters. The minimum atomic E-state index is -0.129. The Hall–Kier alpha value is -3.47. The molecule has 5 nitrogen and oxygen atoms in total. The molecule has 0 spiro atoms. The Bertz CT molecular complexity index is 955. The van der Waals surface area contributed by atoms with E-state index >= 15 is 0 Å². The molecule has 0 atom stereocenters. The maximum Gasteiger partial charge on any atom is 0.251 e. The minimum Gasteiger partial charge on any atom is -0.352 e. The first-order valence-electron chi connectivity index (χ1n) is 9.28. The highest BCUT2D eigenvalue weighted by Crippen LogP contribution is 2.17. The van der Waals surface area contributed by atoms with Gasteiger partial charge in [0.15, 0.2) is 5.78 Å². The summed E-state index contributed by atoms with van der Waals surface area (Å²) in [5.41, 5.74) is 3.18. The van der Waals surface area contributed by atoms with Crippen LogP contribution in [0.1, 0.15) is 39.6 Å². The highest BCUT2D eigenvalue weighted by molar-refractivity contribution is 5.96. The van der Waals surface area contributed by atoms with Gasteiger partial charge >= 0.3 is 0 Å². The van der Waals surface area contributed by atoms with E-state index in [-0.39, 0.29) is 11.7 Å². The molecule has 3 rings (SSSR count). The molecule has 142 valence electrons. The number of carbonyl (C=O) groups excluding carboxylic acids is 2. The third-order valence-electron chi connectivity index (χ3n) is 4.33. The summed E-state index contributed by atoms with van der Waals surface area (Å²) in [6.07, 6.45) is 3.40. The van der Waals surface area contributed by atoms with E-state index in [1.54, 1.807) is 30.5 Å². The van der Waals surface area contributed by atoms with Gasteiger partial charge in [0.25, 0.3) is 5.91 Å². The van der Waals surface area contributed by atoms with Crippen molar-refractivity contribution in [2.24, 2.45) is 0 Å². The molecule has 0 saturated carbocycles. The Labute approximate surface area is 164 Å². The van der Waals surface area contributed by atoms with E-state index in [4.69, 9.17) is 0 Å². The van der Waals surface area contributed by atoms with Crippen molar-refractivity contribution in [2.75, 3.05) is 11.9 Å². The average Bonchev–Trinajstić information content (AvgIpc) is 2.72. The van der Waals surface area contributed by atoms with Crippen LogP contribution in [0.15, 0.2) is 72.9 Å². The molecule has 1 heterocycles. The van der Waals surface area contributed by atoms with Crippen molar-refractivity contribution < 1.29 is 9.59 Å². The molecule has 2 aromatic carbocycles. The maximum atomic E-state index is 12.4. The molecule has 1 amide bonds. The molecule has 0 saturated heterocycles. The van der Waals surface area contributed by atoms with E-state index in [0.717, 1.165) is 18.5 Å². The fraction of sp³-hybridized carbons (Fsp3) is 0.174. The SMILES string of the molecule is CC(=O)c1cccc(Nc2cc(C(=O)NCCCc3ccccc3)ccn2)c1. The molecule has 0 bridgehead atoms. The zero-order valence-corrected chi connectivity index (χ0v) is 15.8. The first-order valence-corrected chi connectivity index (χ1v) is 9.28. The highest BCUT2D eigenvalue weighted by atomic mass is 16.1. The summed E-state index contributed by atoms with van der Waals surface area (Å²) in [6.45, 7) is 2.14. The molecule has 0 aliphatic rings. The van der Waals surface area contributed by atoms with Gasteiger partial charge in [0.2, 0.25) is 0 Å².